The lowest BCUT2D eigenvalue weighted by molar-refractivity contribution is 0.288. The number of allylic oxidation sites excluding steroid dienone is 2. The van der Waals surface area contributed by atoms with E-state index in [1.54, 1.807) is 0 Å². The fourth-order valence-corrected chi connectivity index (χ4v) is 3.59. The summed E-state index contributed by atoms with van der Waals surface area (Å²) in [4.78, 5) is 2.49. The topological polar surface area (TPSA) is 3.24 Å². The molecule has 4 rings (SSSR count). The van der Waals surface area contributed by atoms with E-state index in [9.17, 15) is 0 Å². The van der Waals surface area contributed by atoms with Crippen molar-refractivity contribution in [2.75, 3.05) is 0 Å². The van der Waals surface area contributed by atoms with Gasteiger partial charge in [0.2, 0.25) is 0 Å². The summed E-state index contributed by atoms with van der Waals surface area (Å²) in [6.45, 7) is 4.52. The molecule has 2 atom stereocenters. The van der Waals surface area contributed by atoms with Crippen molar-refractivity contribution in [3.8, 4) is 0 Å². The maximum Gasteiger partial charge on any atom is 0.0736 e. The molecule has 1 nitrogen and oxygen atoms in total. The van der Waals surface area contributed by atoms with Gasteiger partial charge in [-0.05, 0) is 36.1 Å². The molecule has 104 valence electrons. The van der Waals surface area contributed by atoms with Gasteiger partial charge in [0.05, 0.1) is 12.1 Å². The molecule has 0 saturated heterocycles. The minimum atomic E-state index is 0.392. The van der Waals surface area contributed by atoms with Crippen LogP contribution < -0.4 is 0 Å². The molecular weight excluding hydrogens is 254 g/mol. The van der Waals surface area contributed by atoms with Crippen LogP contribution in [-0.2, 0) is 0 Å². The lowest BCUT2D eigenvalue weighted by atomic mass is 9.93. The number of benzene rings is 2. The zero-order valence-electron chi connectivity index (χ0n) is 12.5. The second kappa shape index (κ2) is 4.63. The summed E-state index contributed by atoms with van der Waals surface area (Å²) in [7, 11) is 0. The van der Waals surface area contributed by atoms with Crippen LogP contribution >= 0.6 is 0 Å². The van der Waals surface area contributed by atoms with Crippen LogP contribution in [0, 0.1) is 0 Å². The van der Waals surface area contributed by atoms with Crippen LogP contribution in [0.5, 0.6) is 0 Å². The predicted octanol–water partition coefficient (Wildman–Crippen LogP) is 5.11. The van der Waals surface area contributed by atoms with Crippen molar-refractivity contribution in [3.05, 3.63) is 89.1 Å². The molecule has 2 heterocycles. The van der Waals surface area contributed by atoms with Crippen molar-refractivity contribution in [1.29, 1.82) is 0 Å². The van der Waals surface area contributed by atoms with Crippen molar-refractivity contribution < 1.29 is 0 Å². The van der Waals surface area contributed by atoms with E-state index in [1.165, 1.54) is 27.8 Å². The molecule has 1 heteroatoms. The molecule has 0 N–H and O–H groups in total. The van der Waals surface area contributed by atoms with Crippen LogP contribution in [0.3, 0.4) is 0 Å². The third-order valence-electron chi connectivity index (χ3n) is 4.73. The Morgan fingerprint density at radius 1 is 0.857 bits per heavy atom. The fraction of sp³-hybridized carbons (Fsp3) is 0.200. The van der Waals surface area contributed by atoms with Gasteiger partial charge in [0.15, 0.2) is 0 Å². The molecule has 0 aliphatic carbocycles. The standard InChI is InChI=1S/C20H19N/c1-14-12-20-18-11-7-6-10-17(18)15(2)21(20)13-19(14)16-8-4-3-5-9-16/h3-13,15,20H,1-2H3/t15-,20?/m1/s1. The molecule has 2 aromatic rings. The van der Waals surface area contributed by atoms with Gasteiger partial charge in [-0.15, -0.1) is 0 Å². The van der Waals surface area contributed by atoms with Gasteiger partial charge in [0.25, 0.3) is 0 Å². The van der Waals surface area contributed by atoms with Crippen molar-refractivity contribution in [3.63, 3.8) is 0 Å². The highest BCUT2D eigenvalue weighted by molar-refractivity contribution is 5.79. The summed E-state index contributed by atoms with van der Waals surface area (Å²) in [5, 5.41) is 0. The zero-order valence-corrected chi connectivity index (χ0v) is 12.5. The number of fused-ring (bicyclic) bond motifs is 3. The molecule has 0 saturated carbocycles. The Labute approximate surface area is 126 Å². The van der Waals surface area contributed by atoms with Crippen LogP contribution in [0.1, 0.15) is 42.6 Å². The van der Waals surface area contributed by atoms with Crippen LogP contribution in [0.25, 0.3) is 5.57 Å². The monoisotopic (exact) mass is 273 g/mol. The summed E-state index contributed by atoms with van der Waals surface area (Å²) in [6, 6.07) is 20.3. The molecule has 0 radical (unpaired) electrons. The lowest BCUT2D eigenvalue weighted by Gasteiger charge is -2.31. The Balaban J connectivity index is 1.82. The summed E-state index contributed by atoms with van der Waals surface area (Å²) in [6.07, 6.45) is 4.75. The minimum Gasteiger partial charge on any atom is -0.360 e. The van der Waals surface area contributed by atoms with Crippen molar-refractivity contribution in [1.82, 2.24) is 4.90 Å². The van der Waals surface area contributed by atoms with Gasteiger partial charge in [0.1, 0.15) is 0 Å². The van der Waals surface area contributed by atoms with E-state index in [2.05, 4.69) is 85.6 Å². The van der Waals surface area contributed by atoms with E-state index >= 15 is 0 Å². The molecule has 0 amide bonds. The fourth-order valence-electron chi connectivity index (χ4n) is 3.59. The Morgan fingerprint density at radius 3 is 2.29 bits per heavy atom. The van der Waals surface area contributed by atoms with Crippen molar-refractivity contribution >= 4 is 5.57 Å². The highest BCUT2D eigenvalue weighted by Gasteiger charge is 2.34. The number of rotatable bonds is 1. The van der Waals surface area contributed by atoms with E-state index in [4.69, 9.17) is 0 Å². The molecule has 2 aliphatic heterocycles. The maximum atomic E-state index is 2.49. The van der Waals surface area contributed by atoms with E-state index in [0.29, 0.717) is 12.1 Å². The minimum absolute atomic E-state index is 0.392. The smallest absolute Gasteiger partial charge is 0.0736 e. The first kappa shape index (κ1) is 12.5. The molecule has 0 fully saturated rings. The lowest BCUT2D eigenvalue weighted by Crippen LogP contribution is -2.21. The predicted molar refractivity (Wildman–Crippen MR) is 87.6 cm³/mol. The molecule has 21 heavy (non-hydrogen) atoms. The largest absolute Gasteiger partial charge is 0.360 e. The Hall–Kier alpha value is -2.28. The first-order chi connectivity index (χ1) is 10.3. The van der Waals surface area contributed by atoms with Gasteiger partial charge in [-0.3, -0.25) is 0 Å². The maximum absolute atomic E-state index is 2.49. The highest BCUT2D eigenvalue weighted by Crippen LogP contribution is 2.47. The number of hydrogen-bond acceptors (Lipinski definition) is 1. The second-order valence-electron chi connectivity index (χ2n) is 5.96. The summed E-state index contributed by atoms with van der Waals surface area (Å²) in [5.41, 5.74) is 6.91. The average Bonchev–Trinajstić information content (AvgIpc) is 2.80. The molecule has 0 aromatic heterocycles. The van der Waals surface area contributed by atoms with E-state index < -0.39 is 0 Å². The van der Waals surface area contributed by atoms with Crippen LogP contribution in [0.4, 0.5) is 0 Å². The van der Waals surface area contributed by atoms with E-state index in [1.807, 2.05) is 0 Å². The summed E-state index contributed by atoms with van der Waals surface area (Å²) < 4.78 is 0. The van der Waals surface area contributed by atoms with Crippen molar-refractivity contribution in [2.24, 2.45) is 0 Å². The first-order valence-corrected chi connectivity index (χ1v) is 7.58. The van der Waals surface area contributed by atoms with Gasteiger partial charge in [-0.25, -0.2) is 0 Å². The quantitative estimate of drug-likeness (QED) is 0.698. The average molecular weight is 273 g/mol. The van der Waals surface area contributed by atoms with Gasteiger partial charge in [-0.1, -0.05) is 60.7 Å². The van der Waals surface area contributed by atoms with Crippen LogP contribution in [0.15, 0.2) is 72.4 Å². The Bertz CT molecular complexity index is 739. The van der Waals surface area contributed by atoms with E-state index in [-0.39, 0.29) is 0 Å². The third kappa shape index (κ3) is 1.84. The van der Waals surface area contributed by atoms with Gasteiger partial charge in [-0.2, -0.15) is 0 Å². The second-order valence-corrected chi connectivity index (χ2v) is 5.96. The van der Waals surface area contributed by atoms with Gasteiger partial charge in [0, 0.05) is 11.8 Å². The van der Waals surface area contributed by atoms with Gasteiger partial charge < -0.3 is 4.90 Å². The zero-order chi connectivity index (χ0) is 14.4. The Kier molecular flexibility index (Phi) is 2.75. The molecule has 2 aliphatic rings. The molecule has 0 spiro atoms. The molecule has 0 bridgehead atoms. The normalized spacial score (nSPS) is 23.2. The molecule has 2 aromatic carbocycles. The van der Waals surface area contributed by atoms with Crippen LogP contribution in [-0.4, -0.2) is 4.90 Å². The number of hydrogen-bond donors (Lipinski definition) is 0. The Morgan fingerprint density at radius 2 is 1.52 bits per heavy atom. The van der Waals surface area contributed by atoms with Crippen LogP contribution in [0.2, 0.25) is 0 Å². The SMILES string of the molecule is CC1=CC2c3ccccc3[C@@H](C)N2C=C1c1ccccc1. The summed E-state index contributed by atoms with van der Waals surface area (Å²) >= 11 is 0. The first-order valence-electron chi connectivity index (χ1n) is 7.58. The van der Waals surface area contributed by atoms with Gasteiger partial charge >= 0.3 is 0 Å². The number of nitrogens with zero attached hydrogens (tertiary/aromatic N) is 1. The summed E-state index contributed by atoms with van der Waals surface area (Å²) in [5.74, 6) is 0. The molecular formula is C20H19N. The third-order valence-corrected chi connectivity index (χ3v) is 4.73. The molecule has 1 unspecified atom stereocenters. The van der Waals surface area contributed by atoms with E-state index in [0.717, 1.165) is 0 Å². The van der Waals surface area contributed by atoms with Crippen molar-refractivity contribution in [2.45, 2.75) is 25.9 Å². The highest BCUT2D eigenvalue weighted by atomic mass is 15.2.